The Morgan fingerprint density at radius 3 is 2.62 bits per heavy atom. The number of likely N-dealkylation sites (N-methyl/N-ethyl adjacent to an activating group) is 1. The normalized spacial score (nSPS) is 17.7. The van der Waals surface area contributed by atoms with Gasteiger partial charge < -0.3 is 24.6 Å². The van der Waals surface area contributed by atoms with E-state index in [1.54, 1.807) is 62.9 Å². The summed E-state index contributed by atoms with van der Waals surface area (Å²) >= 11 is 0. The average molecular weight is 459 g/mol. The third-order valence-corrected chi connectivity index (χ3v) is 5.58. The number of methoxy groups -OCH3 is 1. The molecule has 172 valence electrons. The molecule has 4 aromatic heterocycles. The fraction of sp³-hybridized carbons (Fsp3) is 0.217. The largest absolute Gasteiger partial charge is 0.493 e. The van der Waals surface area contributed by atoms with Crippen molar-refractivity contribution in [1.29, 1.82) is 0 Å². The van der Waals surface area contributed by atoms with Gasteiger partial charge in [0.2, 0.25) is 11.5 Å². The summed E-state index contributed by atoms with van der Waals surface area (Å²) in [4.78, 5) is 31.5. The van der Waals surface area contributed by atoms with Crippen molar-refractivity contribution in [2.24, 2.45) is 0 Å². The highest BCUT2D eigenvalue weighted by Crippen LogP contribution is 2.34. The van der Waals surface area contributed by atoms with Gasteiger partial charge in [-0.05, 0) is 30.3 Å². The monoisotopic (exact) mass is 459 g/mol. The molecule has 2 N–H and O–H groups in total. The molecule has 5 heterocycles. The summed E-state index contributed by atoms with van der Waals surface area (Å²) in [7, 11) is 3.20. The Hall–Kier alpha value is -4.38. The number of likely N-dealkylation sites (tertiary alicyclic amines) is 1. The van der Waals surface area contributed by atoms with E-state index >= 15 is 0 Å². The third kappa shape index (κ3) is 3.82. The van der Waals surface area contributed by atoms with Gasteiger partial charge in [-0.1, -0.05) is 11.2 Å². The predicted molar refractivity (Wildman–Crippen MR) is 121 cm³/mol. The highest BCUT2D eigenvalue weighted by molar-refractivity contribution is 5.87. The number of anilines is 2. The van der Waals surface area contributed by atoms with Crippen molar-refractivity contribution in [3.63, 3.8) is 0 Å². The van der Waals surface area contributed by atoms with Crippen LogP contribution in [0, 0.1) is 0 Å². The molecule has 1 aliphatic heterocycles. The molecule has 0 saturated carbocycles. The Morgan fingerprint density at radius 2 is 1.85 bits per heavy atom. The Labute approximate surface area is 194 Å². The van der Waals surface area contributed by atoms with Crippen LogP contribution < -0.4 is 10.1 Å². The van der Waals surface area contributed by atoms with Crippen LogP contribution in [0.3, 0.4) is 0 Å². The van der Waals surface area contributed by atoms with Crippen LogP contribution >= 0.6 is 0 Å². The topological polar surface area (TPSA) is 139 Å². The molecule has 34 heavy (non-hydrogen) atoms. The number of aromatic nitrogens is 5. The standard InChI is InChI=1S/C23H21N7O4/c1-30-12-9-23(32,21(30)31)19-13-17(29-34-19)15-6-3-5-14(26-15)16-8-11-25-22(27-16)28-20-18(33-2)7-4-10-24-20/h3-8,10-11,13,32H,9,12H2,1-2H3,(H,24,25,27,28)/t23-/m1/s1. The predicted octanol–water partition coefficient (Wildman–Crippen LogP) is 2.39. The van der Waals surface area contributed by atoms with E-state index in [1.807, 2.05) is 6.07 Å². The summed E-state index contributed by atoms with van der Waals surface area (Å²) in [5.74, 6) is 1.07. The smallest absolute Gasteiger partial charge is 0.262 e. The third-order valence-electron chi connectivity index (χ3n) is 5.58. The number of amides is 1. The summed E-state index contributed by atoms with van der Waals surface area (Å²) in [5, 5.41) is 17.9. The van der Waals surface area contributed by atoms with Gasteiger partial charge in [0.25, 0.3) is 5.91 Å². The van der Waals surface area contributed by atoms with E-state index in [2.05, 4.69) is 30.4 Å². The van der Waals surface area contributed by atoms with Crippen LogP contribution in [0.2, 0.25) is 0 Å². The first kappa shape index (κ1) is 21.5. The number of carbonyl (C=O) groups is 1. The lowest BCUT2D eigenvalue weighted by atomic mass is 9.98. The number of nitrogens with zero attached hydrogens (tertiary/aromatic N) is 6. The van der Waals surface area contributed by atoms with Crippen LogP contribution in [0.4, 0.5) is 11.8 Å². The van der Waals surface area contributed by atoms with Gasteiger partial charge in [-0.2, -0.15) is 0 Å². The van der Waals surface area contributed by atoms with Gasteiger partial charge in [0.1, 0.15) is 5.69 Å². The minimum absolute atomic E-state index is 0.0990. The lowest BCUT2D eigenvalue weighted by Gasteiger charge is -2.16. The Kier molecular flexibility index (Phi) is 5.38. The minimum Gasteiger partial charge on any atom is -0.493 e. The first-order valence-electron chi connectivity index (χ1n) is 10.5. The van der Waals surface area contributed by atoms with Crippen molar-refractivity contribution >= 4 is 17.7 Å². The van der Waals surface area contributed by atoms with Crippen molar-refractivity contribution in [3.05, 3.63) is 60.6 Å². The zero-order valence-electron chi connectivity index (χ0n) is 18.5. The molecule has 0 bridgehead atoms. The Bertz CT molecular complexity index is 1360. The van der Waals surface area contributed by atoms with Gasteiger partial charge in [0, 0.05) is 38.5 Å². The highest BCUT2D eigenvalue weighted by Gasteiger charge is 2.48. The van der Waals surface area contributed by atoms with E-state index in [9.17, 15) is 9.90 Å². The first-order valence-corrected chi connectivity index (χ1v) is 10.5. The average Bonchev–Trinajstić information content (AvgIpc) is 3.47. The molecule has 1 aliphatic rings. The number of hydrogen-bond acceptors (Lipinski definition) is 10. The van der Waals surface area contributed by atoms with Crippen LogP contribution in [0.15, 0.2) is 59.4 Å². The van der Waals surface area contributed by atoms with Crippen LogP contribution in [0.5, 0.6) is 5.75 Å². The highest BCUT2D eigenvalue weighted by atomic mass is 16.5. The molecule has 1 saturated heterocycles. The molecule has 1 fully saturated rings. The van der Waals surface area contributed by atoms with Crippen molar-refractivity contribution in [2.45, 2.75) is 12.0 Å². The Morgan fingerprint density at radius 1 is 1.06 bits per heavy atom. The number of carbonyl (C=O) groups excluding carboxylic acids is 1. The summed E-state index contributed by atoms with van der Waals surface area (Å²) in [6.45, 7) is 0.438. The SMILES string of the molecule is COc1cccnc1Nc1nccc(-c2cccc(-c3cc([C@]4(O)CCN(C)C4=O)on3)n2)n1. The second-order valence-corrected chi connectivity index (χ2v) is 7.77. The van der Waals surface area contributed by atoms with E-state index in [1.165, 1.54) is 4.90 Å². The van der Waals surface area contributed by atoms with E-state index in [0.29, 0.717) is 46.8 Å². The summed E-state index contributed by atoms with van der Waals surface area (Å²) in [6.07, 6.45) is 3.49. The molecule has 11 nitrogen and oxygen atoms in total. The lowest BCUT2D eigenvalue weighted by Crippen LogP contribution is -2.35. The van der Waals surface area contributed by atoms with Gasteiger partial charge in [-0.25, -0.2) is 19.9 Å². The van der Waals surface area contributed by atoms with Crippen LogP contribution in [0.25, 0.3) is 22.8 Å². The molecule has 0 aliphatic carbocycles. The van der Waals surface area contributed by atoms with Crippen molar-refractivity contribution in [3.8, 4) is 28.5 Å². The zero-order valence-corrected chi connectivity index (χ0v) is 18.5. The Balaban J connectivity index is 1.42. The van der Waals surface area contributed by atoms with E-state index < -0.39 is 11.5 Å². The number of hydrogen-bond donors (Lipinski definition) is 2. The molecule has 5 rings (SSSR count). The first-order chi connectivity index (χ1) is 16.5. The van der Waals surface area contributed by atoms with Crippen LogP contribution in [-0.4, -0.2) is 61.7 Å². The van der Waals surface area contributed by atoms with Crippen molar-refractivity contribution < 1.29 is 19.2 Å². The van der Waals surface area contributed by atoms with E-state index in [0.717, 1.165) is 0 Å². The van der Waals surface area contributed by atoms with E-state index in [4.69, 9.17) is 9.26 Å². The number of pyridine rings is 2. The fourth-order valence-electron chi connectivity index (χ4n) is 3.71. The minimum atomic E-state index is -1.71. The van der Waals surface area contributed by atoms with Gasteiger partial charge in [-0.15, -0.1) is 0 Å². The van der Waals surface area contributed by atoms with Gasteiger partial charge >= 0.3 is 0 Å². The molecule has 0 radical (unpaired) electrons. The van der Waals surface area contributed by atoms with Gasteiger partial charge in [0.15, 0.2) is 17.3 Å². The number of ether oxygens (including phenoxy) is 1. The molecule has 0 aromatic carbocycles. The maximum Gasteiger partial charge on any atom is 0.262 e. The molecule has 0 spiro atoms. The molecule has 0 unspecified atom stereocenters. The molecule has 1 amide bonds. The number of aliphatic hydroxyl groups is 1. The van der Waals surface area contributed by atoms with E-state index in [-0.39, 0.29) is 12.2 Å². The molecular weight excluding hydrogens is 438 g/mol. The quantitative estimate of drug-likeness (QED) is 0.442. The number of rotatable bonds is 6. The maximum atomic E-state index is 12.4. The molecular formula is C23H21N7O4. The maximum absolute atomic E-state index is 12.4. The summed E-state index contributed by atoms with van der Waals surface area (Å²) < 4.78 is 10.6. The van der Waals surface area contributed by atoms with Crippen LogP contribution in [-0.2, 0) is 10.4 Å². The lowest BCUT2D eigenvalue weighted by molar-refractivity contribution is -0.144. The number of nitrogens with one attached hydrogen (secondary N) is 1. The second kappa shape index (κ2) is 8.52. The molecule has 4 aromatic rings. The van der Waals surface area contributed by atoms with Gasteiger partial charge in [0.05, 0.1) is 24.2 Å². The van der Waals surface area contributed by atoms with Crippen molar-refractivity contribution in [2.75, 3.05) is 26.0 Å². The fourth-order valence-corrected chi connectivity index (χ4v) is 3.71. The van der Waals surface area contributed by atoms with Crippen LogP contribution in [0.1, 0.15) is 12.2 Å². The van der Waals surface area contributed by atoms with Gasteiger partial charge in [-0.3, -0.25) is 4.79 Å². The molecule has 1 atom stereocenters. The van der Waals surface area contributed by atoms with Crippen molar-refractivity contribution in [1.82, 2.24) is 30.0 Å². The summed E-state index contributed by atoms with van der Waals surface area (Å²) in [6, 6.07) is 12.2. The molecule has 11 heteroatoms. The second-order valence-electron chi connectivity index (χ2n) is 7.77. The summed E-state index contributed by atoms with van der Waals surface area (Å²) in [5.41, 5.74) is 0.352. The zero-order chi connectivity index (χ0) is 23.7.